The van der Waals surface area contributed by atoms with Crippen LogP contribution in [0.5, 0.6) is 0 Å². The van der Waals surface area contributed by atoms with Crippen molar-refractivity contribution in [2.24, 2.45) is 5.73 Å². The Kier molecular flexibility index (Phi) is 5.30. The lowest BCUT2D eigenvalue weighted by molar-refractivity contribution is 0.141. The Balaban J connectivity index is 2.27. The first-order chi connectivity index (χ1) is 7.75. The van der Waals surface area contributed by atoms with Gasteiger partial charge in [0.25, 0.3) is 5.56 Å². The van der Waals surface area contributed by atoms with Gasteiger partial charge >= 0.3 is 0 Å². The van der Waals surface area contributed by atoms with Crippen LogP contribution in [0.2, 0.25) is 0 Å². The maximum atomic E-state index is 11.1. The molecular formula is C9H17N5O2. The van der Waals surface area contributed by atoms with Crippen molar-refractivity contribution in [1.29, 1.82) is 0 Å². The second-order valence-corrected chi connectivity index (χ2v) is 3.18. The molecule has 6 N–H and O–H groups in total. The van der Waals surface area contributed by atoms with Crippen LogP contribution in [0, 0.1) is 0 Å². The van der Waals surface area contributed by atoms with Gasteiger partial charge < -0.3 is 26.5 Å². The van der Waals surface area contributed by atoms with E-state index in [-0.39, 0.29) is 11.2 Å². The highest BCUT2D eigenvalue weighted by molar-refractivity contribution is 5.58. The average Bonchev–Trinajstić information content (AvgIpc) is 2.29. The molecule has 0 radical (unpaired) electrons. The molecule has 90 valence electrons. The minimum absolute atomic E-state index is 0.102. The van der Waals surface area contributed by atoms with Crippen LogP contribution in [-0.4, -0.2) is 36.3 Å². The van der Waals surface area contributed by atoms with Crippen LogP contribution < -0.4 is 22.3 Å². The van der Waals surface area contributed by atoms with Gasteiger partial charge in [-0.1, -0.05) is 0 Å². The number of H-pyrrole nitrogens is 1. The molecule has 0 atom stereocenters. The molecule has 1 rings (SSSR count). The van der Waals surface area contributed by atoms with Crippen molar-refractivity contribution in [2.75, 3.05) is 37.4 Å². The van der Waals surface area contributed by atoms with E-state index in [9.17, 15) is 4.79 Å². The molecule has 0 unspecified atom stereocenters. The molecule has 1 heterocycles. The third kappa shape index (κ3) is 3.87. The zero-order valence-corrected chi connectivity index (χ0v) is 9.03. The minimum Gasteiger partial charge on any atom is -0.391 e. The SMILES string of the molecule is NCCOCCCNc1nc[nH]c(=O)c1N. The molecule has 7 nitrogen and oxygen atoms in total. The minimum atomic E-state index is -0.336. The topological polar surface area (TPSA) is 119 Å². The number of nitrogens with two attached hydrogens (primary N) is 2. The van der Waals surface area contributed by atoms with Crippen molar-refractivity contribution in [3.05, 3.63) is 16.7 Å². The van der Waals surface area contributed by atoms with Gasteiger partial charge in [0.15, 0.2) is 5.82 Å². The maximum Gasteiger partial charge on any atom is 0.276 e. The van der Waals surface area contributed by atoms with Gasteiger partial charge in [0.2, 0.25) is 0 Å². The molecule has 0 fully saturated rings. The Hall–Kier alpha value is -1.60. The first kappa shape index (κ1) is 12.5. The van der Waals surface area contributed by atoms with E-state index in [1.54, 1.807) is 0 Å². The van der Waals surface area contributed by atoms with Crippen LogP contribution in [0.3, 0.4) is 0 Å². The van der Waals surface area contributed by atoms with E-state index < -0.39 is 0 Å². The lowest BCUT2D eigenvalue weighted by Crippen LogP contribution is -2.17. The number of ether oxygens (including phenoxy) is 1. The number of aromatic nitrogens is 2. The molecule has 0 aromatic carbocycles. The Labute approximate surface area is 93.2 Å². The molecule has 0 aliphatic rings. The van der Waals surface area contributed by atoms with Crippen LogP contribution in [0.25, 0.3) is 0 Å². The van der Waals surface area contributed by atoms with Gasteiger partial charge in [-0.25, -0.2) is 4.98 Å². The van der Waals surface area contributed by atoms with Crippen molar-refractivity contribution in [3.8, 4) is 0 Å². The van der Waals surface area contributed by atoms with Gasteiger partial charge in [0.1, 0.15) is 5.69 Å². The summed E-state index contributed by atoms with van der Waals surface area (Å²) in [4.78, 5) is 17.4. The Morgan fingerprint density at radius 2 is 2.31 bits per heavy atom. The van der Waals surface area contributed by atoms with E-state index in [0.29, 0.717) is 32.1 Å². The second kappa shape index (κ2) is 6.81. The number of rotatable bonds is 7. The Bertz CT molecular complexity index is 365. The summed E-state index contributed by atoms with van der Waals surface area (Å²) in [6.45, 7) is 2.35. The van der Waals surface area contributed by atoms with Crippen molar-refractivity contribution in [2.45, 2.75) is 6.42 Å². The largest absolute Gasteiger partial charge is 0.391 e. The molecule has 0 bridgehead atoms. The van der Waals surface area contributed by atoms with E-state index in [4.69, 9.17) is 16.2 Å². The van der Waals surface area contributed by atoms with Crippen LogP contribution in [-0.2, 0) is 4.74 Å². The molecule has 0 spiro atoms. The predicted molar refractivity (Wildman–Crippen MR) is 62.3 cm³/mol. The lowest BCUT2D eigenvalue weighted by Gasteiger charge is -2.07. The van der Waals surface area contributed by atoms with Gasteiger partial charge in [0, 0.05) is 19.7 Å². The van der Waals surface area contributed by atoms with Gasteiger partial charge in [-0.2, -0.15) is 0 Å². The van der Waals surface area contributed by atoms with Crippen molar-refractivity contribution >= 4 is 11.5 Å². The third-order valence-electron chi connectivity index (χ3n) is 1.91. The van der Waals surface area contributed by atoms with Crippen LogP contribution in [0.15, 0.2) is 11.1 Å². The fraction of sp³-hybridized carbons (Fsp3) is 0.556. The maximum absolute atomic E-state index is 11.1. The highest BCUT2D eigenvalue weighted by atomic mass is 16.5. The monoisotopic (exact) mass is 227 g/mol. The number of nitrogens with zero attached hydrogens (tertiary/aromatic N) is 1. The first-order valence-corrected chi connectivity index (χ1v) is 5.10. The zero-order valence-electron chi connectivity index (χ0n) is 9.03. The number of hydrogen-bond acceptors (Lipinski definition) is 6. The number of aromatic amines is 1. The fourth-order valence-corrected chi connectivity index (χ4v) is 1.12. The fourth-order valence-electron chi connectivity index (χ4n) is 1.12. The molecule has 7 heteroatoms. The molecule has 0 amide bonds. The number of nitrogens with one attached hydrogen (secondary N) is 2. The standard InChI is InChI=1S/C9H17N5O2/c10-2-5-16-4-1-3-12-8-7(11)9(15)14-6-13-8/h6H,1-5,10-11H2,(H2,12,13,14,15). The molecule has 1 aromatic rings. The van der Waals surface area contributed by atoms with Gasteiger partial charge in [-0.15, -0.1) is 0 Å². The van der Waals surface area contributed by atoms with Crippen LogP contribution >= 0.6 is 0 Å². The quantitative estimate of drug-likeness (QED) is 0.449. The summed E-state index contributed by atoms with van der Waals surface area (Å²) in [5, 5.41) is 2.96. The van der Waals surface area contributed by atoms with E-state index in [1.165, 1.54) is 6.33 Å². The summed E-state index contributed by atoms with van der Waals surface area (Å²) in [5.41, 5.74) is 10.6. The third-order valence-corrected chi connectivity index (χ3v) is 1.91. The molecular weight excluding hydrogens is 210 g/mol. The summed E-state index contributed by atoms with van der Waals surface area (Å²) >= 11 is 0. The Morgan fingerprint density at radius 3 is 3.06 bits per heavy atom. The smallest absolute Gasteiger partial charge is 0.276 e. The van der Waals surface area contributed by atoms with Crippen LogP contribution in [0.1, 0.15) is 6.42 Å². The average molecular weight is 227 g/mol. The molecule has 0 aliphatic carbocycles. The number of nitrogen functional groups attached to an aromatic ring is 1. The van der Waals surface area contributed by atoms with E-state index in [0.717, 1.165) is 6.42 Å². The summed E-state index contributed by atoms with van der Waals surface area (Å²) in [6, 6.07) is 0. The molecule has 16 heavy (non-hydrogen) atoms. The molecule has 0 aliphatic heterocycles. The number of anilines is 2. The van der Waals surface area contributed by atoms with E-state index >= 15 is 0 Å². The molecule has 0 saturated heterocycles. The van der Waals surface area contributed by atoms with Crippen molar-refractivity contribution in [1.82, 2.24) is 9.97 Å². The highest BCUT2D eigenvalue weighted by Gasteiger charge is 2.02. The second-order valence-electron chi connectivity index (χ2n) is 3.18. The predicted octanol–water partition coefficient (Wildman–Crippen LogP) is -0.871. The van der Waals surface area contributed by atoms with E-state index in [2.05, 4.69) is 15.3 Å². The van der Waals surface area contributed by atoms with Crippen molar-refractivity contribution in [3.63, 3.8) is 0 Å². The lowest BCUT2D eigenvalue weighted by atomic mass is 10.4. The van der Waals surface area contributed by atoms with Gasteiger partial charge in [-0.05, 0) is 6.42 Å². The summed E-state index contributed by atoms with van der Waals surface area (Å²) in [7, 11) is 0. The van der Waals surface area contributed by atoms with Gasteiger partial charge in [0.05, 0.1) is 12.9 Å². The molecule has 0 saturated carbocycles. The zero-order chi connectivity index (χ0) is 11.8. The number of hydrogen-bond donors (Lipinski definition) is 4. The summed E-state index contributed by atoms with van der Waals surface area (Å²) in [6.07, 6.45) is 2.11. The van der Waals surface area contributed by atoms with Crippen molar-refractivity contribution < 1.29 is 4.74 Å². The van der Waals surface area contributed by atoms with Crippen LogP contribution in [0.4, 0.5) is 11.5 Å². The summed E-state index contributed by atoms with van der Waals surface area (Å²) in [5.74, 6) is 0.405. The highest BCUT2D eigenvalue weighted by Crippen LogP contribution is 2.06. The Morgan fingerprint density at radius 1 is 1.50 bits per heavy atom. The normalized spacial score (nSPS) is 10.3. The summed E-state index contributed by atoms with van der Waals surface area (Å²) < 4.78 is 5.19. The van der Waals surface area contributed by atoms with Gasteiger partial charge in [-0.3, -0.25) is 4.79 Å². The van der Waals surface area contributed by atoms with E-state index in [1.807, 2.05) is 0 Å². The first-order valence-electron chi connectivity index (χ1n) is 5.10. The molecule has 1 aromatic heterocycles.